The van der Waals surface area contributed by atoms with Crippen molar-refractivity contribution in [3.8, 4) is 11.6 Å². The Morgan fingerprint density at radius 3 is 2.70 bits per heavy atom. The highest BCUT2D eigenvalue weighted by atomic mass is 16.5. The molecule has 0 spiro atoms. The lowest BCUT2D eigenvalue weighted by atomic mass is 9.79. The predicted molar refractivity (Wildman–Crippen MR) is 81.2 cm³/mol. The SMILES string of the molecule is CC[C@@H]1CC[C@@H](C)C[C@H]1Oc1ccc(OC(C)C)cn1. The van der Waals surface area contributed by atoms with Gasteiger partial charge in [0.05, 0.1) is 12.3 Å². The van der Waals surface area contributed by atoms with E-state index in [1.165, 1.54) is 19.3 Å². The molecule has 1 aliphatic rings. The van der Waals surface area contributed by atoms with E-state index in [1.54, 1.807) is 6.20 Å². The molecule has 0 saturated heterocycles. The van der Waals surface area contributed by atoms with Crippen molar-refractivity contribution in [1.82, 2.24) is 4.98 Å². The second-order valence-electron chi connectivity index (χ2n) is 6.24. The Morgan fingerprint density at radius 2 is 2.10 bits per heavy atom. The van der Waals surface area contributed by atoms with Crippen molar-refractivity contribution in [3.63, 3.8) is 0 Å². The summed E-state index contributed by atoms with van der Waals surface area (Å²) in [5, 5.41) is 0. The van der Waals surface area contributed by atoms with Gasteiger partial charge in [-0.15, -0.1) is 0 Å². The number of pyridine rings is 1. The van der Waals surface area contributed by atoms with E-state index in [-0.39, 0.29) is 6.10 Å². The monoisotopic (exact) mass is 277 g/mol. The van der Waals surface area contributed by atoms with Gasteiger partial charge in [-0.05, 0) is 51.0 Å². The Kier molecular flexibility index (Phi) is 5.27. The molecule has 112 valence electrons. The highest BCUT2D eigenvalue weighted by Gasteiger charge is 2.29. The highest BCUT2D eigenvalue weighted by molar-refractivity contribution is 5.23. The van der Waals surface area contributed by atoms with Crippen molar-refractivity contribution in [2.75, 3.05) is 0 Å². The van der Waals surface area contributed by atoms with Crippen molar-refractivity contribution >= 4 is 0 Å². The zero-order chi connectivity index (χ0) is 14.5. The Hall–Kier alpha value is -1.25. The fourth-order valence-corrected chi connectivity index (χ4v) is 2.94. The summed E-state index contributed by atoms with van der Waals surface area (Å²) in [4.78, 5) is 4.37. The van der Waals surface area contributed by atoms with Gasteiger partial charge in [0.15, 0.2) is 0 Å². The summed E-state index contributed by atoms with van der Waals surface area (Å²) in [7, 11) is 0. The summed E-state index contributed by atoms with van der Waals surface area (Å²) in [6.07, 6.45) is 7.17. The molecule has 2 rings (SSSR count). The van der Waals surface area contributed by atoms with Gasteiger partial charge < -0.3 is 9.47 Å². The first-order valence-corrected chi connectivity index (χ1v) is 7.87. The average Bonchev–Trinajstić information content (AvgIpc) is 2.41. The summed E-state index contributed by atoms with van der Waals surface area (Å²) < 4.78 is 11.7. The van der Waals surface area contributed by atoms with Gasteiger partial charge in [0.2, 0.25) is 5.88 Å². The van der Waals surface area contributed by atoms with Crippen LogP contribution in [0.15, 0.2) is 18.3 Å². The Balaban J connectivity index is 1.97. The molecule has 1 aromatic heterocycles. The molecule has 1 fully saturated rings. The normalized spacial score (nSPS) is 26.6. The van der Waals surface area contributed by atoms with Crippen LogP contribution < -0.4 is 9.47 Å². The van der Waals surface area contributed by atoms with Crippen molar-refractivity contribution in [2.24, 2.45) is 11.8 Å². The van der Waals surface area contributed by atoms with E-state index in [4.69, 9.17) is 9.47 Å². The van der Waals surface area contributed by atoms with Gasteiger partial charge in [-0.1, -0.05) is 20.3 Å². The molecule has 3 heteroatoms. The van der Waals surface area contributed by atoms with Crippen LogP contribution in [0.2, 0.25) is 0 Å². The zero-order valence-corrected chi connectivity index (χ0v) is 13.1. The fourth-order valence-electron chi connectivity index (χ4n) is 2.94. The lowest BCUT2D eigenvalue weighted by Gasteiger charge is -2.34. The van der Waals surface area contributed by atoms with Crippen LogP contribution in [0.25, 0.3) is 0 Å². The molecule has 0 aromatic carbocycles. The van der Waals surface area contributed by atoms with Gasteiger partial charge in [0.25, 0.3) is 0 Å². The fraction of sp³-hybridized carbons (Fsp3) is 0.706. The largest absolute Gasteiger partial charge is 0.489 e. The van der Waals surface area contributed by atoms with Crippen molar-refractivity contribution in [3.05, 3.63) is 18.3 Å². The second-order valence-corrected chi connectivity index (χ2v) is 6.24. The van der Waals surface area contributed by atoms with E-state index in [2.05, 4.69) is 18.8 Å². The quantitative estimate of drug-likeness (QED) is 0.796. The maximum atomic E-state index is 6.12. The smallest absolute Gasteiger partial charge is 0.213 e. The number of aromatic nitrogens is 1. The van der Waals surface area contributed by atoms with Crippen LogP contribution in [0.5, 0.6) is 11.6 Å². The van der Waals surface area contributed by atoms with Gasteiger partial charge in [-0.25, -0.2) is 4.98 Å². The Morgan fingerprint density at radius 1 is 1.30 bits per heavy atom. The lowest BCUT2D eigenvalue weighted by Crippen LogP contribution is -2.33. The summed E-state index contributed by atoms with van der Waals surface area (Å²) in [5.41, 5.74) is 0. The van der Waals surface area contributed by atoms with Crippen molar-refractivity contribution in [2.45, 2.75) is 65.6 Å². The van der Waals surface area contributed by atoms with Crippen molar-refractivity contribution in [1.29, 1.82) is 0 Å². The molecular formula is C17H27NO2. The van der Waals surface area contributed by atoms with Crippen LogP contribution in [0.4, 0.5) is 0 Å². The van der Waals surface area contributed by atoms with E-state index >= 15 is 0 Å². The third kappa shape index (κ3) is 4.12. The molecule has 0 unspecified atom stereocenters. The van der Waals surface area contributed by atoms with E-state index in [0.29, 0.717) is 12.0 Å². The lowest BCUT2D eigenvalue weighted by molar-refractivity contribution is 0.0639. The zero-order valence-electron chi connectivity index (χ0n) is 13.1. The standard InChI is InChI=1S/C17H27NO2/c1-5-14-7-6-13(4)10-16(14)20-17-9-8-15(11-18-17)19-12(2)3/h8-9,11-14,16H,5-7,10H2,1-4H3/t13-,14-,16-/m1/s1. The minimum absolute atomic E-state index is 0.173. The topological polar surface area (TPSA) is 31.4 Å². The highest BCUT2D eigenvalue weighted by Crippen LogP contribution is 2.33. The number of hydrogen-bond acceptors (Lipinski definition) is 3. The third-order valence-corrected chi connectivity index (χ3v) is 4.07. The van der Waals surface area contributed by atoms with Crippen LogP contribution in [0, 0.1) is 11.8 Å². The molecule has 20 heavy (non-hydrogen) atoms. The van der Waals surface area contributed by atoms with Gasteiger partial charge >= 0.3 is 0 Å². The molecule has 0 N–H and O–H groups in total. The van der Waals surface area contributed by atoms with Gasteiger partial charge in [0.1, 0.15) is 11.9 Å². The Labute approximate surface area is 122 Å². The van der Waals surface area contributed by atoms with Crippen LogP contribution in [-0.2, 0) is 0 Å². The van der Waals surface area contributed by atoms with E-state index in [0.717, 1.165) is 24.0 Å². The van der Waals surface area contributed by atoms with Crippen LogP contribution >= 0.6 is 0 Å². The molecule has 0 bridgehead atoms. The average molecular weight is 277 g/mol. The summed E-state index contributed by atoms with van der Waals surface area (Å²) in [6.45, 7) is 8.60. The molecule has 0 amide bonds. The molecular weight excluding hydrogens is 250 g/mol. The first-order chi connectivity index (χ1) is 9.58. The number of hydrogen-bond donors (Lipinski definition) is 0. The molecule has 1 heterocycles. The molecule has 1 aliphatic carbocycles. The first kappa shape index (κ1) is 15.1. The molecule has 0 aliphatic heterocycles. The Bertz CT molecular complexity index is 402. The summed E-state index contributed by atoms with van der Waals surface area (Å²) >= 11 is 0. The number of nitrogens with zero attached hydrogens (tertiary/aromatic N) is 1. The minimum atomic E-state index is 0.173. The van der Waals surface area contributed by atoms with Crippen LogP contribution in [0.3, 0.4) is 0 Å². The molecule has 1 saturated carbocycles. The van der Waals surface area contributed by atoms with Gasteiger partial charge in [-0.2, -0.15) is 0 Å². The molecule has 1 aromatic rings. The summed E-state index contributed by atoms with van der Waals surface area (Å²) in [6, 6.07) is 3.86. The van der Waals surface area contributed by atoms with Gasteiger partial charge in [-0.3, -0.25) is 0 Å². The third-order valence-electron chi connectivity index (χ3n) is 4.07. The van der Waals surface area contributed by atoms with Crippen LogP contribution in [0.1, 0.15) is 53.4 Å². The van der Waals surface area contributed by atoms with E-state index in [1.807, 2.05) is 26.0 Å². The molecule has 3 atom stereocenters. The predicted octanol–water partition coefficient (Wildman–Crippen LogP) is 4.46. The minimum Gasteiger partial charge on any atom is -0.489 e. The molecule has 0 radical (unpaired) electrons. The van der Waals surface area contributed by atoms with E-state index < -0.39 is 0 Å². The first-order valence-electron chi connectivity index (χ1n) is 7.87. The second kappa shape index (κ2) is 6.96. The molecule has 3 nitrogen and oxygen atoms in total. The summed E-state index contributed by atoms with van der Waals surface area (Å²) in [5.74, 6) is 2.95. The maximum Gasteiger partial charge on any atom is 0.213 e. The van der Waals surface area contributed by atoms with E-state index in [9.17, 15) is 0 Å². The van der Waals surface area contributed by atoms with Gasteiger partial charge in [0, 0.05) is 6.07 Å². The maximum absolute atomic E-state index is 6.12. The number of rotatable bonds is 5. The van der Waals surface area contributed by atoms with Crippen molar-refractivity contribution < 1.29 is 9.47 Å². The van der Waals surface area contributed by atoms with Crippen LogP contribution in [-0.4, -0.2) is 17.2 Å². The number of ether oxygens (including phenoxy) is 2.